The Morgan fingerprint density at radius 2 is 1.39 bits per heavy atom. The Bertz CT molecular complexity index is 829. The number of rotatable bonds is 6. The van der Waals surface area contributed by atoms with Gasteiger partial charge in [0.05, 0.1) is 16.1 Å². The summed E-state index contributed by atoms with van der Waals surface area (Å²) in [6, 6.07) is 11.3. The SMILES string of the molecule is C1=CC2CC[CH]([Ti]3([PH]c4ccccc4)[CH2][CH2]3)C2C=C1.C=C(C(=C)[Si](C)(C)C)[Si](C)(C)C. The third kappa shape index (κ3) is 6.42. The van der Waals surface area contributed by atoms with Crippen LogP contribution in [0.25, 0.3) is 0 Å². The molecule has 1 saturated heterocycles. The number of fused-ring (bicyclic) bond motifs is 1. The van der Waals surface area contributed by atoms with Gasteiger partial charge in [-0.3, -0.25) is 0 Å². The van der Waals surface area contributed by atoms with E-state index in [1.54, 1.807) is 14.8 Å². The van der Waals surface area contributed by atoms with Gasteiger partial charge in [-0.2, -0.15) is 0 Å². The Morgan fingerprint density at radius 3 is 1.90 bits per heavy atom. The second kappa shape index (κ2) is 9.94. The van der Waals surface area contributed by atoms with Gasteiger partial charge in [-0.05, 0) is 0 Å². The van der Waals surface area contributed by atoms with Crippen LogP contribution in [0, 0.1) is 11.8 Å². The zero-order chi connectivity index (χ0) is 22.9. The molecule has 1 aliphatic heterocycles. The molecule has 4 heteroatoms. The van der Waals surface area contributed by atoms with E-state index in [-0.39, 0.29) is 0 Å². The molecule has 1 aromatic carbocycles. The van der Waals surface area contributed by atoms with Gasteiger partial charge in [0.2, 0.25) is 0 Å². The van der Waals surface area contributed by atoms with Gasteiger partial charge < -0.3 is 0 Å². The molecule has 0 bridgehead atoms. The molecule has 0 N–H and O–H groups in total. The minimum atomic E-state index is -1.48. The Hall–Kier alpha value is -0.242. The molecule has 0 aromatic heterocycles. The summed E-state index contributed by atoms with van der Waals surface area (Å²) in [5.41, 5.74) is 0. The standard InChI is InChI=1S/C10H22Si2.C9H11.C6H6P.C2H4.Ti/c1-9(11(3,4)5)10(2)12(6,7)8;1-2-5-9-7-3-6-8(9)4-1;7-6-4-2-1-3-5-6;1-2;/h1-2H2,3-8H3;1-2,4-6,8-9H,3,7H2;1-5,7H;1-2H2;/q;;-1;;+1. The van der Waals surface area contributed by atoms with Crippen LogP contribution in [-0.4, -0.2) is 16.1 Å². The average molecular weight is 503 g/mol. The molecule has 1 heterocycles. The van der Waals surface area contributed by atoms with E-state index < -0.39 is 32.2 Å². The quantitative estimate of drug-likeness (QED) is 0.207. The molecule has 1 saturated carbocycles. The van der Waals surface area contributed by atoms with Crippen molar-refractivity contribution in [3.8, 4) is 0 Å². The second-order valence-corrected chi connectivity index (χ2v) is 34.4. The second-order valence-electron chi connectivity index (χ2n) is 11.8. The fourth-order valence-electron chi connectivity index (χ4n) is 5.04. The topological polar surface area (TPSA) is 0 Å². The predicted molar refractivity (Wildman–Crippen MR) is 147 cm³/mol. The minimum Gasteiger partial charge on any atom is -0.0999 e. The van der Waals surface area contributed by atoms with Gasteiger partial charge in [0.1, 0.15) is 0 Å². The Labute approximate surface area is 199 Å². The van der Waals surface area contributed by atoms with E-state index in [1.807, 2.05) is 0 Å². The van der Waals surface area contributed by atoms with Crippen molar-refractivity contribution in [3.05, 3.63) is 78.2 Å². The summed E-state index contributed by atoms with van der Waals surface area (Å²) in [5, 5.41) is 4.38. The van der Waals surface area contributed by atoms with E-state index in [9.17, 15) is 0 Å². The van der Waals surface area contributed by atoms with Crippen molar-refractivity contribution in [3.63, 3.8) is 0 Å². The number of benzene rings is 1. The van der Waals surface area contributed by atoms with Gasteiger partial charge in [0.25, 0.3) is 0 Å². The number of hydrogen-bond acceptors (Lipinski definition) is 0. The fraction of sp³-hybridized carbons (Fsp3) is 0.481. The van der Waals surface area contributed by atoms with Gasteiger partial charge in [-0.15, -0.1) is 0 Å². The minimum absolute atomic E-state index is 0.888. The van der Waals surface area contributed by atoms with E-state index in [1.165, 1.54) is 29.8 Å². The molecule has 168 valence electrons. The third-order valence-electron chi connectivity index (χ3n) is 7.41. The average Bonchev–Trinajstić information content (AvgIpc) is 3.34. The van der Waals surface area contributed by atoms with Crippen LogP contribution in [-0.2, 0) is 16.1 Å². The molecule has 4 atom stereocenters. The molecular weight excluding hydrogens is 459 g/mol. The van der Waals surface area contributed by atoms with Crippen LogP contribution < -0.4 is 5.30 Å². The van der Waals surface area contributed by atoms with Gasteiger partial charge in [0, 0.05) is 0 Å². The monoisotopic (exact) mass is 502 g/mol. The predicted octanol–water partition coefficient (Wildman–Crippen LogP) is 8.70. The maximum atomic E-state index is 4.19. The summed E-state index contributed by atoms with van der Waals surface area (Å²) in [5.74, 6) is 1.81. The summed E-state index contributed by atoms with van der Waals surface area (Å²) in [6.45, 7) is 23.6. The van der Waals surface area contributed by atoms with Crippen molar-refractivity contribution in [2.75, 3.05) is 0 Å². The number of allylic oxidation sites excluding steroid dienone is 6. The van der Waals surface area contributed by atoms with Crippen molar-refractivity contribution in [2.45, 2.75) is 65.8 Å². The van der Waals surface area contributed by atoms with Crippen molar-refractivity contribution in [2.24, 2.45) is 11.8 Å². The first-order chi connectivity index (χ1) is 14.4. The molecule has 2 aliphatic carbocycles. The van der Waals surface area contributed by atoms with Crippen molar-refractivity contribution < 1.29 is 16.1 Å². The molecule has 4 rings (SSSR count). The van der Waals surface area contributed by atoms with Gasteiger partial charge in [0.15, 0.2) is 0 Å². The van der Waals surface area contributed by atoms with Gasteiger partial charge >= 0.3 is 121 Å². The zero-order valence-corrected chi connectivity index (χ0v) is 25.2. The first-order valence-electron chi connectivity index (χ1n) is 12.0. The Kier molecular flexibility index (Phi) is 8.14. The molecule has 3 aliphatic rings. The fourth-order valence-corrected chi connectivity index (χ4v) is 25.6. The van der Waals surface area contributed by atoms with Crippen molar-refractivity contribution in [1.82, 2.24) is 0 Å². The normalized spacial score (nSPS) is 26.3. The summed E-state index contributed by atoms with van der Waals surface area (Å²) in [6.07, 6.45) is 12.6. The van der Waals surface area contributed by atoms with E-state index >= 15 is 0 Å². The summed E-state index contributed by atoms with van der Waals surface area (Å²) < 4.78 is 4.43. The molecule has 2 fully saturated rings. The van der Waals surface area contributed by atoms with Crippen LogP contribution >= 0.6 is 6.57 Å². The maximum Gasteiger partial charge on any atom is 0.0766 e. The Balaban J connectivity index is 0.000000199. The molecule has 1 aromatic rings. The van der Waals surface area contributed by atoms with E-state index in [2.05, 4.69) is 107 Å². The molecule has 0 spiro atoms. The maximum absolute atomic E-state index is 4.19. The molecule has 31 heavy (non-hydrogen) atoms. The smallest absolute Gasteiger partial charge is 0.0766 e. The molecule has 0 nitrogen and oxygen atoms in total. The van der Waals surface area contributed by atoms with Gasteiger partial charge in [-0.1, -0.05) is 62.8 Å². The van der Waals surface area contributed by atoms with Crippen LogP contribution in [0.4, 0.5) is 0 Å². The van der Waals surface area contributed by atoms with Crippen molar-refractivity contribution >= 4 is 28.0 Å². The van der Waals surface area contributed by atoms with Crippen molar-refractivity contribution in [1.29, 1.82) is 0 Å². The van der Waals surface area contributed by atoms with E-state index in [4.69, 9.17) is 0 Å². The molecule has 0 radical (unpaired) electrons. The molecule has 4 unspecified atom stereocenters. The van der Waals surface area contributed by atoms with E-state index in [0.29, 0.717) is 0 Å². The van der Waals surface area contributed by atoms with Crippen LogP contribution in [0.1, 0.15) is 12.8 Å². The zero-order valence-electron chi connectivity index (χ0n) is 20.7. The summed E-state index contributed by atoms with van der Waals surface area (Å²) in [7, 11) is -2.39. The molecular formula is C27H43PSi2Ti. The van der Waals surface area contributed by atoms with Crippen LogP contribution in [0.5, 0.6) is 0 Å². The van der Waals surface area contributed by atoms with E-state index in [0.717, 1.165) is 16.1 Å². The third-order valence-corrected chi connectivity index (χ3v) is 26.0. The molecule has 0 amide bonds. The van der Waals surface area contributed by atoms with Crippen LogP contribution in [0.15, 0.2) is 78.2 Å². The Morgan fingerprint density at radius 1 is 0.839 bits per heavy atom. The largest absolute Gasteiger partial charge is 0.0999 e. The van der Waals surface area contributed by atoms with Gasteiger partial charge in [-0.25, -0.2) is 0 Å². The van der Waals surface area contributed by atoms with Crippen LogP contribution in [0.2, 0.25) is 53.0 Å². The summed E-state index contributed by atoms with van der Waals surface area (Å²) in [4.78, 5) is 0. The summed E-state index contributed by atoms with van der Waals surface area (Å²) >= 11 is -1.48. The van der Waals surface area contributed by atoms with Crippen LogP contribution in [0.3, 0.4) is 0 Å². The first-order valence-corrected chi connectivity index (χ1v) is 25.5. The number of hydrogen-bond donors (Lipinski definition) is 0. The first kappa shape index (κ1) is 25.4.